The molecular weight excluding hydrogens is 419 g/mol. The molecule has 11 heteroatoms. The Morgan fingerprint density at radius 1 is 1.03 bits per heavy atom. The van der Waals surface area contributed by atoms with Crippen molar-refractivity contribution in [2.75, 3.05) is 23.4 Å². The summed E-state index contributed by atoms with van der Waals surface area (Å²) in [6.45, 7) is -1.07. The number of hydrogen-bond acceptors (Lipinski definition) is 7. The third-order valence-electron chi connectivity index (χ3n) is 3.95. The maximum Gasteiger partial charge on any atom is 0.405 e. The number of halogens is 3. The Bertz CT molecular complexity index is 1220. The van der Waals surface area contributed by atoms with Crippen molar-refractivity contribution in [3.8, 4) is 12.3 Å². The number of benzene rings is 1. The molecule has 0 bridgehead atoms. The predicted molar refractivity (Wildman–Crippen MR) is 107 cm³/mol. The van der Waals surface area contributed by atoms with Crippen molar-refractivity contribution in [1.82, 2.24) is 15.0 Å². The van der Waals surface area contributed by atoms with Crippen molar-refractivity contribution >= 4 is 32.6 Å². The van der Waals surface area contributed by atoms with Crippen LogP contribution in [0.15, 0.2) is 41.3 Å². The molecule has 0 aliphatic heterocycles. The molecule has 3 aromatic rings. The van der Waals surface area contributed by atoms with E-state index in [9.17, 15) is 21.6 Å². The number of sulfone groups is 1. The monoisotopic (exact) mass is 435 g/mol. The van der Waals surface area contributed by atoms with Crippen LogP contribution in [0.25, 0.3) is 11.0 Å². The molecule has 0 saturated carbocycles. The van der Waals surface area contributed by atoms with Crippen LogP contribution in [0.1, 0.15) is 11.3 Å². The molecule has 0 radical (unpaired) electrons. The lowest BCUT2D eigenvalue weighted by Crippen LogP contribution is -2.22. The number of nitrogens with zero attached hydrogens (tertiary/aromatic N) is 3. The Kier molecular flexibility index (Phi) is 5.80. The van der Waals surface area contributed by atoms with Gasteiger partial charge in [0.2, 0.25) is 5.95 Å². The molecule has 2 aromatic heterocycles. The van der Waals surface area contributed by atoms with Crippen LogP contribution < -0.4 is 10.6 Å². The molecule has 0 amide bonds. The van der Waals surface area contributed by atoms with E-state index in [2.05, 4.69) is 31.5 Å². The molecule has 0 atom stereocenters. The first kappa shape index (κ1) is 21.3. The normalized spacial score (nSPS) is 11.8. The molecule has 0 aliphatic carbocycles. The molecule has 2 heterocycles. The number of terminal acetylenes is 1. The van der Waals surface area contributed by atoms with Crippen molar-refractivity contribution in [2.24, 2.45) is 0 Å². The minimum absolute atomic E-state index is 0.0784. The van der Waals surface area contributed by atoms with Gasteiger partial charge in [-0.2, -0.15) is 18.2 Å². The van der Waals surface area contributed by atoms with Gasteiger partial charge < -0.3 is 10.6 Å². The van der Waals surface area contributed by atoms with Gasteiger partial charge in [-0.25, -0.2) is 18.4 Å². The number of alkyl halides is 3. The van der Waals surface area contributed by atoms with Crippen LogP contribution in [-0.2, 0) is 16.4 Å². The third-order valence-corrected chi connectivity index (χ3v) is 5.08. The molecule has 7 nitrogen and oxygen atoms in total. The van der Waals surface area contributed by atoms with E-state index in [1.54, 1.807) is 18.2 Å². The van der Waals surface area contributed by atoms with Gasteiger partial charge in [0.25, 0.3) is 0 Å². The van der Waals surface area contributed by atoms with Crippen LogP contribution in [0.5, 0.6) is 0 Å². The number of anilines is 2. The molecule has 156 valence electrons. The van der Waals surface area contributed by atoms with Crippen molar-refractivity contribution in [2.45, 2.75) is 17.6 Å². The van der Waals surface area contributed by atoms with Crippen LogP contribution in [-0.4, -0.2) is 42.3 Å². The topological polar surface area (TPSA) is 96.9 Å². The Balaban J connectivity index is 1.87. The van der Waals surface area contributed by atoms with Crippen LogP contribution in [0.4, 0.5) is 24.9 Å². The minimum atomic E-state index is -4.45. The van der Waals surface area contributed by atoms with Gasteiger partial charge in [0, 0.05) is 12.8 Å². The molecule has 0 saturated heterocycles. The van der Waals surface area contributed by atoms with Crippen molar-refractivity contribution in [3.63, 3.8) is 0 Å². The van der Waals surface area contributed by atoms with Crippen molar-refractivity contribution in [3.05, 3.63) is 47.7 Å². The summed E-state index contributed by atoms with van der Waals surface area (Å²) in [5.41, 5.74) is 1.41. The molecule has 1 aromatic carbocycles. The van der Waals surface area contributed by atoms with E-state index < -0.39 is 22.6 Å². The van der Waals surface area contributed by atoms with Gasteiger partial charge in [-0.3, -0.25) is 0 Å². The van der Waals surface area contributed by atoms with E-state index in [0.29, 0.717) is 5.52 Å². The fourth-order valence-electron chi connectivity index (χ4n) is 2.52. The standard InChI is InChI=1S/C19H16F3N5O2S/c1-3-13-6-9-15-16(25-13)17(24-11-19(20,21)22)27-18(26-15)23-10-12-4-7-14(8-5-12)30(2,28)29/h1,4-9H,10-11H2,2H3,(H2,23,24,26,27). The van der Waals surface area contributed by atoms with E-state index in [4.69, 9.17) is 6.42 Å². The Morgan fingerprint density at radius 3 is 2.33 bits per heavy atom. The zero-order valence-corrected chi connectivity index (χ0v) is 16.5. The molecule has 0 fully saturated rings. The largest absolute Gasteiger partial charge is 0.405 e. The highest BCUT2D eigenvalue weighted by Gasteiger charge is 2.27. The van der Waals surface area contributed by atoms with Crippen LogP contribution >= 0.6 is 0 Å². The number of fused-ring (bicyclic) bond motifs is 1. The average molecular weight is 435 g/mol. The first-order chi connectivity index (χ1) is 14.0. The second-order valence-electron chi connectivity index (χ2n) is 6.34. The summed E-state index contributed by atoms with van der Waals surface area (Å²) in [5, 5.41) is 5.14. The van der Waals surface area contributed by atoms with Gasteiger partial charge in [-0.1, -0.05) is 18.1 Å². The smallest absolute Gasteiger partial charge is 0.359 e. The third kappa shape index (κ3) is 5.36. The van der Waals surface area contributed by atoms with Gasteiger partial charge in [0.1, 0.15) is 17.8 Å². The van der Waals surface area contributed by atoms with E-state index in [1.165, 1.54) is 18.2 Å². The number of pyridine rings is 1. The molecule has 2 N–H and O–H groups in total. The van der Waals surface area contributed by atoms with Crippen LogP contribution in [0.2, 0.25) is 0 Å². The average Bonchev–Trinajstić information content (AvgIpc) is 2.69. The van der Waals surface area contributed by atoms with Gasteiger partial charge in [-0.15, -0.1) is 6.42 Å². The summed E-state index contributed by atoms with van der Waals surface area (Å²) < 4.78 is 61.0. The fraction of sp³-hybridized carbons (Fsp3) is 0.211. The summed E-state index contributed by atoms with van der Waals surface area (Å²) in [6.07, 6.45) is 1.97. The summed E-state index contributed by atoms with van der Waals surface area (Å²) in [4.78, 5) is 12.6. The lowest BCUT2D eigenvalue weighted by atomic mass is 10.2. The summed E-state index contributed by atoms with van der Waals surface area (Å²) >= 11 is 0. The SMILES string of the molecule is C#Cc1ccc2nc(NCc3ccc(S(C)(=O)=O)cc3)nc(NCC(F)(F)F)c2n1. The van der Waals surface area contributed by atoms with Gasteiger partial charge in [-0.05, 0) is 29.8 Å². The lowest BCUT2D eigenvalue weighted by molar-refractivity contribution is -0.115. The predicted octanol–water partition coefficient (Wildman–Crippen LogP) is 3.00. The first-order valence-corrected chi connectivity index (χ1v) is 10.4. The van der Waals surface area contributed by atoms with Gasteiger partial charge in [0.05, 0.1) is 10.4 Å². The number of nitrogens with one attached hydrogen (secondary N) is 2. The number of rotatable bonds is 6. The van der Waals surface area contributed by atoms with E-state index in [0.717, 1.165) is 11.8 Å². The molecule has 30 heavy (non-hydrogen) atoms. The second-order valence-corrected chi connectivity index (χ2v) is 8.36. The van der Waals surface area contributed by atoms with E-state index in [1.807, 2.05) is 0 Å². The maximum absolute atomic E-state index is 12.7. The quantitative estimate of drug-likeness (QED) is 0.575. The zero-order valence-electron chi connectivity index (χ0n) is 15.7. The summed E-state index contributed by atoms with van der Waals surface area (Å²) in [6, 6.07) is 9.24. The van der Waals surface area contributed by atoms with E-state index >= 15 is 0 Å². The maximum atomic E-state index is 12.7. The van der Waals surface area contributed by atoms with Crippen molar-refractivity contribution in [1.29, 1.82) is 0 Å². The highest BCUT2D eigenvalue weighted by Crippen LogP contribution is 2.23. The Morgan fingerprint density at radius 2 is 1.73 bits per heavy atom. The Hall–Kier alpha value is -3.39. The Labute approximate surface area is 170 Å². The van der Waals surface area contributed by atoms with Crippen LogP contribution in [0, 0.1) is 12.3 Å². The first-order valence-electron chi connectivity index (χ1n) is 8.54. The molecule has 3 rings (SSSR count). The number of hydrogen-bond donors (Lipinski definition) is 2. The van der Waals surface area contributed by atoms with Crippen molar-refractivity contribution < 1.29 is 21.6 Å². The second kappa shape index (κ2) is 8.16. The highest BCUT2D eigenvalue weighted by atomic mass is 32.2. The number of aromatic nitrogens is 3. The molecule has 0 spiro atoms. The highest BCUT2D eigenvalue weighted by molar-refractivity contribution is 7.90. The lowest BCUT2D eigenvalue weighted by Gasteiger charge is -2.13. The zero-order chi connectivity index (χ0) is 21.9. The minimum Gasteiger partial charge on any atom is -0.359 e. The summed E-state index contributed by atoms with van der Waals surface area (Å²) in [7, 11) is -3.31. The molecule has 0 aliphatic rings. The summed E-state index contributed by atoms with van der Waals surface area (Å²) in [5.74, 6) is 2.29. The van der Waals surface area contributed by atoms with Gasteiger partial charge in [0.15, 0.2) is 15.7 Å². The van der Waals surface area contributed by atoms with E-state index in [-0.39, 0.29) is 34.4 Å². The molecular formula is C19H16F3N5O2S. The fourth-order valence-corrected chi connectivity index (χ4v) is 3.15. The van der Waals surface area contributed by atoms with Crippen LogP contribution in [0.3, 0.4) is 0 Å². The molecule has 0 unspecified atom stereocenters. The van der Waals surface area contributed by atoms with Gasteiger partial charge >= 0.3 is 6.18 Å².